The summed E-state index contributed by atoms with van der Waals surface area (Å²) in [5.74, 6) is -0.874. The van der Waals surface area contributed by atoms with Crippen molar-refractivity contribution in [3.8, 4) is 0 Å². The zero-order valence-electron chi connectivity index (χ0n) is 13.2. The van der Waals surface area contributed by atoms with Crippen LogP contribution in [0.15, 0.2) is 41.8 Å². The van der Waals surface area contributed by atoms with Crippen LogP contribution in [0.1, 0.15) is 22.9 Å². The van der Waals surface area contributed by atoms with Gasteiger partial charge in [0.15, 0.2) is 6.61 Å². The number of amides is 1. The summed E-state index contributed by atoms with van der Waals surface area (Å²) >= 11 is 1.52. The van der Waals surface area contributed by atoms with Gasteiger partial charge in [0.2, 0.25) is 0 Å². The summed E-state index contributed by atoms with van der Waals surface area (Å²) < 4.78 is 4.95. The number of nitrogens with one attached hydrogen (secondary N) is 1. The van der Waals surface area contributed by atoms with Gasteiger partial charge in [0.1, 0.15) is 0 Å². The number of carbonyl (C=O) groups excluding carboxylic acids is 2. The summed E-state index contributed by atoms with van der Waals surface area (Å²) in [4.78, 5) is 24.5. The van der Waals surface area contributed by atoms with E-state index in [2.05, 4.69) is 5.32 Å². The third kappa shape index (κ3) is 5.07. The minimum Gasteiger partial charge on any atom is -0.452 e. The SMILES string of the molecule is CCc1cccc(C)c1NC(=O)COC(=O)/C=C/c1cccs1. The summed E-state index contributed by atoms with van der Waals surface area (Å²) in [6.45, 7) is 3.66. The quantitative estimate of drug-likeness (QED) is 0.647. The lowest BCUT2D eigenvalue weighted by Crippen LogP contribution is -2.21. The number of benzene rings is 1. The molecule has 2 aromatic rings. The number of anilines is 1. The van der Waals surface area contributed by atoms with Crippen molar-refractivity contribution in [3.63, 3.8) is 0 Å². The first-order valence-corrected chi connectivity index (χ1v) is 8.24. The third-order valence-electron chi connectivity index (χ3n) is 3.28. The second kappa shape index (κ2) is 8.29. The maximum Gasteiger partial charge on any atom is 0.331 e. The molecule has 0 atom stereocenters. The van der Waals surface area contributed by atoms with E-state index in [1.165, 1.54) is 17.4 Å². The molecule has 0 unspecified atom stereocenters. The molecule has 120 valence electrons. The highest BCUT2D eigenvalue weighted by Gasteiger charge is 2.10. The van der Waals surface area contributed by atoms with Gasteiger partial charge in [-0.3, -0.25) is 4.79 Å². The number of hydrogen-bond acceptors (Lipinski definition) is 4. The Bertz CT molecular complexity index is 705. The summed E-state index contributed by atoms with van der Waals surface area (Å²) in [5.41, 5.74) is 2.84. The molecule has 0 spiro atoms. The molecule has 0 aliphatic carbocycles. The van der Waals surface area contributed by atoms with Gasteiger partial charge in [-0.15, -0.1) is 11.3 Å². The van der Waals surface area contributed by atoms with Gasteiger partial charge in [0.05, 0.1) is 0 Å². The highest BCUT2D eigenvalue weighted by Crippen LogP contribution is 2.20. The minimum absolute atomic E-state index is 0.300. The van der Waals surface area contributed by atoms with Crippen LogP contribution in [-0.2, 0) is 20.7 Å². The third-order valence-corrected chi connectivity index (χ3v) is 4.11. The van der Waals surface area contributed by atoms with Crippen molar-refractivity contribution in [2.24, 2.45) is 0 Å². The molecule has 0 radical (unpaired) electrons. The van der Waals surface area contributed by atoms with Gasteiger partial charge in [-0.2, -0.15) is 0 Å². The molecule has 1 aromatic heterocycles. The first-order valence-electron chi connectivity index (χ1n) is 7.37. The molecule has 2 rings (SSSR count). The Balaban J connectivity index is 1.87. The first-order chi connectivity index (χ1) is 11.1. The molecule has 1 aromatic carbocycles. The van der Waals surface area contributed by atoms with Crippen LogP contribution in [0, 0.1) is 6.92 Å². The molecule has 1 heterocycles. The average Bonchev–Trinajstić information content (AvgIpc) is 3.06. The van der Waals surface area contributed by atoms with E-state index in [1.54, 1.807) is 6.08 Å². The van der Waals surface area contributed by atoms with E-state index in [0.29, 0.717) is 0 Å². The van der Waals surface area contributed by atoms with Crippen molar-refractivity contribution >= 4 is 35.0 Å². The molecule has 23 heavy (non-hydrogen) atoms. The maximum absolute atomic E-state index is 12.0. The Kier molecular flexibility index (Phi) is 6.11. The molecule has 0 aliphatic rings. The molecule has 0 bridgehead atoms. The zero-order valence-corrected chi connectivity index (χ0v) is 14.0. The number of rotatable bonds is 6. The van der Waals surface area contributed by atoms with Gasteiger partial charge >= 0.3 is 5.97 Å². The Labute approximate surface area is 139 Å². The van der Waals surface area contributed by atoms with E-state index in [4.69, 9.17) is 4.74 Å². The van der Waals surface area contributed by atoms with E-state index < -0.39 is 5.97 Å². The van der Waals surface area contributed by atoms with E-state index in [0.717, 1.165) is 28.1 Å². The number of para-hydroxylation sites is 1. The fraction of sp³-hybridized carbons (Fsp3) is 0.222. The fourth-order valence-electron chi connectivity index (χ4n) is 2.10. The van der Waals surface area contributed by atoms with Crippen LogP contribution in [0.5, 0.6) is 0 Å². The molecule has 1 N–H and O–H groups in total. The number of hydrogen-bond donors (Lipinski definition) is 1. The normalized spacial score (nSPS) is 10.7. The fourth-order valence-corrected chi connectivity index (χ4v) is 2.72. The number of thiophene rings is 1. The summed E-state index contributed by atoms with van der Waals surface area (Å²) in [5, 5.41) is 4.74. The predicted octanol–water partition coefficient (Wildman–Crippen LogP) is 3.81. The molecule has 5 heteroatoms. The van der Waals surface area contributed by atoms with Crippen molar-refractivity contribution in [1.82, 2.24) is 0 Å². The van der Waals surface area contributed by atoms with E-state index >= 15 is 0 Å². The number of aryl methyl sites for hydroxylation is 2. The smallest absolute Gasteiger partial charge is 0.331 e. The molecule has 0 aliphatic heterocycles. The van der Waals surface area contributed by atoms with Crippen molar-refractivity contribution in [2.45, 2.75) is 20.3 Å². The lowest BCUT2D eigenvalue weighted by molar-refractivity contribution is -0.142. The zero-order chi connectivity index (χ0) is 16.7. The minimum atomic E-state index is -0.533. The summed E-state index contributed by atoms with van der Waals surface area (Å²) in [7, 11) is 0. The second-order valence-electron chi connectivity index (χ2n) is 4.97. The van der Waals surface area contributed by atoms with Gasteiger partial charge < -0.3 is 10.1 Å². The largest absolute Gasteiger partial charge is 0.452 e. The first kappa shape index (κ1) is 17.0. The molecule has 1 amide bonds. The van der Waals surface area contributed by atoms with Crippen LogP contribution in [0.3, 0.4) is 0 Å². The Morgan fingerprint density at radius 3 is 2.78 bits per heavy atom. The van der Waals surface area contributed by atoms with Crippen molar-refractivity contribution in [2.75, 3.05) is 11.9 Å². The lowest BCUT2D eigenvalue weighted by atomic mass is 10.1. The van der Waals surface area contributed by atoms with E-state index in [-0.39, 0.29) is 12.5 Å². The van der Waals surface area contributed by atoms with E-state index in [9.17, 15) is 9.59 Å². The summed E-state index contributed by atoms with van der Waals surface area (Å²) in [6.07, 6.45) is 3.81. The highest BCUT2D eigenvalue weighted by molar-refractivity contribution is 7.10. The number of esters is 1. The van der Waals surface area contributed by atoms with Gasteiger partial charge in [-0.1, -0.05) is 31.2 Å². The predicted molar refractivity (Wildman–Crippen MR) is 93.5 cm³/mol. The summed E-state index contributed by atoms with van der Waals surface area (Å²) in [6, 6.07) is 9.66. The topological polar surface area (TPSA) is 55.4 Å². The van der Waals surface area contributed by atoms with Crippen molar-refractivity contribution < 1.29 is 14.3 Å². The van der Waals surface area contributed by atoms with Gasteiger partial charge in [0, 0.05) is 16.6 Å². The van der Waals surface area contributed by atoms with Crippen LogP contribution < -0.4 is 5.32 Å². The van der Waals surface area contributed by atoms with Gasteiger partial charge in [-0.05, 0) is 42.0 Å². The monoisotopic (exact) mass is 329 g/mol. The van der Waals surface area contributed by atoms with Crippen molar-refractivity contribution in [1.29, 1.82) is 0 Å². The molecule has 4 nitrogen and oxygen atoms in total. The number of carbonyl (C=O) groups is 2. The number of ether oxygens (including phenoxy) is 1. The van der Waals surface area contributed by atoms with Crippen LogP contribution in [0.4, 0.5) is 5.69 Å². The Hall–Kier alpha value is -2.40. The molecule has 0 fully saturated rings. The molecule has 0 saturated heterocycles. The highest BCUT2D eigenvalue weighted by atomic mass is 32.1. The molecular formula is C18H19NO3S. The standard InChI is InChI=1S/C18H19NO3S/c1-3-14-7-4-6-13(2)18(14)19-16(20)12-22-17(21)10-9-15-8-5-11-23-15/h4-11H,3,12H2,1-2H3,(H,19,20)/b10-9+. The van der Waals surface area contributed by atoms with Crippen LogP contribution in [0.2, 0.25) is 0 Å². The van der Waals surface area contributed by atoms with Crippen LogP contribution in [-0.4, -0.2) is 18.5 Å². The van der Waals surface area contributed by atoms with Gasteiger partial charge in [-0.25, -0.2) is 4.79 Å². The van der Waals surface area contributed by atoms with Crippen LogP contribution >= 0.6 is 11.3 Å². The Morgan fingerprint density at radius 1 is 1.26 bits per heavy atom. The maximum atomic E-state index is 12.0. The second-order valence-corrected chi connectivity index (χ2v) is 5.95. The average molecular weight is 329 g/mol. The van der Waals surface area contributed by atoms with Gasteiger partial charge in [0.25, 0.3) is 5.91 Å². The van der Waals surface area contributed by atoms with Crippen LogP contribution in [0.25, 0.3) is 6.08 Å². The Morgan fingerprint density at radius 2 is 2.09 bits per heavy atom. The van der Waals surface area contributed by atoms with E-state index in [1.807, 2.05) is 49.6 Å². The molecule has 0 saturated carbocycles. The lowest BCUT2D eigenvalue weighted by Gasteiger charge is -2.12. The molecular weight excluding hydrogens is 310 g/mol. The van der Waals surface area contributed by atoms with Crippen molar-refractivity contribution in [3.05, 3.63) is 57.8 Å².